The summed E-state index contributed by atoms with van der Waals surface area (Å²) in [5, 5.41) is 0.232. The molecule has 2 aromatic rings. The van der Waals surface area contributed by atoms with Crippen molar-refractivity contribution in [3.05, 3.63) is 28.2 Å². The minimum atomic E-state index is -0.641. The fourth-order valence-electron chi connectivity index (χ4n) is 1.23. The van der Waals surface area contributed by atoms with Gasteiger partial charge in [-0.2, -0.15) is 0 Å². The van der Waals surface area contributed by atoms with E-state index in [4.69, 9.17) is 10.2 Å². The molecule has 0 bridgehead atoms. The Morgan fingerprint density at radius 3 is 3.00 bits per heavy atom. The van der Waals surface area contributed by atoms with Gasteiger partial charge in [0.25, 0.3) is 0 Å². The second-order valence-corrected chi connectivity index (χ2v) is 2.92. The van der Waals surface area contributed by atoms with E-state index in [2.05, 4.69) is 9.72 Å². The lowest BCUT2D eigenvalue weighted by Gasteiger charge is -1.91. The van der Waals surface area contributed by atoms with Gasteiger partial charge in [-0.25, -0.2) is 4.79 Å². The van der Waals surface area contributed by atoms with Crippen LogP contribution in [0.1, 0.15) is 10.6 Å². The first kappa shape index (κ1) is 9.32. The first-order valence-electron chi connectivity index (χ1n) is 4.12. The highest BCUT2D eigenvalue weighted by Crippen LogP contribution is 2.15. The van der Waals surface area contributed by atoms with Gasteiger partial charge in [0.15, 0.2) is 0 Å². The summed E-state index contributed by atoms with van der Waals surface area (Å²) in [6, 6.07) is 1.30. The second kappa shape index (κ2) is 3.16. The van der Waals surface area contributed by atoms with E-state index in [0.717, 1.165) is 0 Å². The van der Waals surface area contributed by atoms with E-state index < -0.39 is 5.97 Å². The number of rotatable bonds is 1. The Labute approximate surface area is 83.6 Å². The average molecular weight is 208 g/mol. The molecule has 0 amide bonds. The van der Waals surface area contributed by atoms with Gasteiger partial charge in [0, 0.05) is 12.3 Å². The minimum absolute atomic E-state index is 0.0357. The number of nitrogens with two attached hydrogens (primary N) is 1. The summed E-state index contributed by atoms with van der Waals surface area (Å²) in [5.41, 5.74) is 5.30. The van der Waals surface area contributed by atoms with Crippen molar-refractivity contribution in [2.24, 2.45) is 0 Å². The lowest BCUT2D eigenvalue weighted by molar-refractivity contribution is 0.0567. The van der Waals surface area contributed by atoms with Crippen LogP contribution in [0.15, 0.2) is 21.5 Å². The Morgan fingerprint density at radius 1 is 1.60 bits per heavy atom. The Bertz CT molecular complexity index is 581. The molecule has 0 atom stereocenters. The maximum Gasteiger partial charge on any atom is 0.374 e. The van der Waals surface area contributed by atoms with Crippen molar-refractivity contribution in [3.8, 4) is 0 Å². The summed E-state index contributed by atoms with van der Waals surface area (Å²) < 4.78 is 9.53. The number of methoxy groups -OCH3 is 1. The molecule has 6 heteroatoms. The normalized spacial score (nSPS) is 10.5. The number of anilines is 1. The van der Waals surface area contributed by atoms with Crippen LogP contribution < -0.4 is 11.2 Å². The predicted octanol–water partition coefficient (Wildman–Crippen LogP) is 0.490. The van der Waals surface area contributed by atoms with Gasteiger partial charge in [-0.05, 0) is 0 Å². The fraction of sp³-hybridized carbons (Fsp3) is 0.111. The zero-order valence-electron chi connectivity index (χ0n) is 7.87. The van der Waals surface area contributed by atoms with Gasteiger partial charge in [0.1, 0.15) is 0 Å². The molecule has 3 N–H and O–H groups in total. The third kappa shape index (κ3) is 1.35. The van der Waals surface area contributed by atoms with Crippen molar-refractivity contribution in [2.45, 2.75) is 0 Å². The number of aromatic amines is 1. The number of hydrogen-bond acceptors (Lipinski definition) is 5. The van der Waals surface area contributed by atoms with Crippen LogP contribution in [0.5, 0.6) is 0 Å². The molecule has 0 spiro atoms. The number of nitrogens with one attached hydrogen (secondary N) is 1. The number of carbonyl (C=O) groups is 1. The van der Waals surface area contributed by atoms with E-state index in [1.54, 1.807) is 0 Å². The Kier molecular flexibility index (Phi) is 1.96. The van der Waals surface area contributed by atoms with E-state index in [0.29, 0.717) is 0 Å². The number of carbonyl (C=O) groups excluding carboxylic acids is 1. The monoisotopic (exact) mass is 208 g/mol. The molecule has 15 heavy (non-hydrogen) atoms. The first-order valence-corrected chi connectivity index (χ1v) is 4.12. The van der Waals surface area contributed by atoms with E-state index in [1.165, 1.54) is 19.4 Å². The number of nitrogen functional groups attached to an aromatic ring is 1. The van der Waals surface area contributed by atoms with Crippen molar-refractivity contribution in [3.63, 3.8) is 0 Å². The maximum atomic E-state index is 11.5. The molecule has 0 fully saturated rings. The van der Waals surface area contributed by atoms with Gasteiger partial charge >= 0.3 is 5.97 Å². The summed E-state index contributed by atoms with van der Waals surface area (Å²) in [5.74, 6) is -0.677. The Morgan fingerprint density at radius 2 is 2.33 bits per heavy atom. The van der Waals surface area contributed by atoms with Crippen molar-refractivity contribution >= 4 is 22.8 Å². The topological polar surface area (TPSA) is 98.3 Å². The third-order valence-corrected chi connectivity index (χ3v) is 1.98. The van der Waals surface area contributed by atoms with Gasteiger partial charge in [-0.3, -0.25) is 4.79 Å². The van der Waals surface area contributed by atoms with Crippen LogP contribution in [0.4, 0.5) is 5.69 Å². The van der Waals surface area contributed by atoms with Crippen molar-refractivity contribution in [1.82, 2.24) is 4.98 Å². The highest BCUT2D eigenvalue weighted by molar-refractivity contribution is 5.92. The van der Waals surface area contributed by atoms with E-state index in [9.17, 15) is 9.59 Å². The average Bonchev–Trinajstić information content (AvgIpc) is 2.67. The molecular weight excluding hydrogens is 200 g/mol. The van der Waals surface area contributed by atoms with Crippen LogP contribution >= 0.6 is 0 Å². The highest BCUT2D eigenvalue weighted by Gasteiger charge is 2.15. The van der Waals surface area contributed by atoms with Crippen LogP contribution in [0, 0.1) is 0 Å². The Balaban J connectivity index is 2.71. The fourth-order valence-corrected chi connectivity index (χ4v) is 1.23. The van der Waals surface area contributed by atoms with Crippen molar-refractivity contribution < 1.29 is 13.9 Å². The van der Waals surface area contributed by atoms with E-state index >= 15 is 0 Å². The molecule has 6 nitrogen and oxygen atoms in total. The van der Waals surface area contributed by atoms with Crippen LogP contribution in [0.25, 0.3) is 11.1 Å². The number of esters is 1. The van der Waals surface area contributed by atoms with Gasteiger partial charge in [0.2, 0.25) is 16.9 Å². The number of fused-ring (bicyclic) bond motifs is 1. The van der Waals surface area contributed by atoms with Crippen LogP contribution in [-0.2, 0) is 4.74 Å². The van der Waals surface area contributed by atoms with Crippen molar-refractivity contribution in [1.29, 1.82) is 0 Å². The number of H-pyrrole nitrogens is 1. The highest BCUT2D eigenvalue weighted by atomic mass is 16.5. The van der Waals surface area contributed by atoms with E-state index in [1.807, 2.05) is 0 Å². The number of hydrogen-bond donors (Lipinski definition) is 2. The molecule has 0 aliphatic carbocycles. The zero-order chi connectivity index (χ0) is 11.0. The lowest BCUT2D eigenvalue weighted by atomic mass is 10.3. The molecule has 2 rings (SSSR count). The molecule has 2 heterocycles. The number of ether oxygens (including phenoxy) is 1. The third-order valence-electron chi connectivity index (χ3n) is 1.98. The molecule has 0 aliphatic rings. The van der Waals surface area contributed by atoms with Crippen LogP contribution in [-0.4, -0.2) is 18.1 Å². The molecule has 0 saturated carbocycles. The number of pyridine rings is 1. The summed E-state index contributed by atoms with van der Waals surface area (Å²) in [6.07, 6.45) is 1.31. The standard InChI is InChI=1S/C9H8N2O4/c1-14-9(13)6-2-4-7(12)5(10)3-11-8(4)15-6/h2-3H,10H2,1H3,(H,11,12). The smallest absolute Gasteiger partial charge is 0.374 e. The van der Waals surface area contributed by atoms with Crippen LogP contribution in [0.2, 0.25) is 0 Å². The molecule has 0 unspecified atom stereocenters. The zero-order valence-corrected chi connectivity index (χ0v) is 7.87. The summed E-state index contributed by atoms with van der Waals surface area (Å²) in [6.45, 7) is 0. The van der Waals surface area contributed by atoms with Gasteiger partial charge in [-0.1, -0.05) is 0 Å². The van der Waals surface area contributed by atoms with Crippen molar-refractivity contribution in [2.75, 3.05) is 12.8 Å². The number of aromatic nitrogens is 1. The molecule has 0 radical (unpaired) electrons. The summed E-state index contributed by atoms with van der Waals surface area (Å²) >= 11 is 0. The quantitative estimate of drug-likeness (QED) is 0.664. The molecule has 0 aromatic carbocycles. The van der Waals surface area contributed by atoms with Gasteiger partial charge < -0.3 is 19.9 Å². The minimum Gasteiger partial charge on any atom is -0.463 e. The molecule has 78 valence electrons. The van der Waals surface area contributed by atoms with Crippen LogP contribution in [0.3, 0.4) is 0 Å². The first-order chi connectivity index (χ1) is 7.13. The maximum absolute atomic E-state index is 11.5. The molecule has 0 aliphatic heterocycles. The summed E-state index contributed by atoms with van der Waals surface area (Å²) in [4.78, 5) is 25.3. The second-order valence-electron chi connectivity index (χ2n) is 2.92. The van der Waals surface area contributed by atoms with Gasteiger partial charge in [0.05, 0.1) is 18.2 Å². The lowest BCUT2D eigenvalue weighted by Crippen LogP contribution is -2.07. The number of furan rings is 1. The predicted molar refractivity (Wildman–Crippen MR) is 52.6 cm³/mol. The summed E-state index contributed by atoms with van der Waals surface area (Å²) in [7, 11) is 1.23. The van der Waals surface area contributed by atoms with Gasteiger partial charge in [-0.15, -0.1) is 0 Å². The SMILES string of the molecule is COC(=O)c1cc2c(=O)c(N)c[nH]c2o1. The molecule has 2 aromatic heterocycles. The molecular formula is C9H8N2O4. The largest absolute Gasteiger partial charge is 0.463 e. The van der Waals surface area contributed by atoms with E-state index in [-0.39, 0.29) is 28.0 Å². The Hall–Kier alpha value is -2.24. The molecule has 0 saturated heterocycles.